The average molecular weight is 603 g/mol. The zero-order valence-corrected chi connectivity index (χ0v) is 25.4. The summed E-state index contributed by atoms with van der Waals surface area (Å²) in [6.07, 6.45) is 0.727. The van der Waals surface area contributed by atoms with Crippen LogP contribution in [0.4, 0.5) is 5.13 Å². The SMILES string of the molecule is Cc1cc(C)c2nc(N3C(=O)C(=O)C(=C(O)c4ccc5c(c4)C[C@H](C)O5)[C@@H]3c3ccc(OCc4ccccc4)cc3)sc2c1. The number of ketones is 1. The number of ether oxygens (including phenoxy) is 2. The normalized spacial score (nSPS) is 18.9. The third-order valence-corrected chi connectivity index (χ3v) is 9.08. The highest BCUT2D eigenvalue weighted by molar-refractivity contribution is 7.22. The maximum atomic E-state index is 13.8. The van der Waals surface area contributed by atoms with E-state index >= 15 is 0 Å². The first-order chi connectivity index (χ1) is 21.3. The molecule has 4 aromatic carbocycles. The number of aromatic nitrogens is 1. The Morgan fingerprint density at radius 2 is 1.80 bits per heavy atom. The summed E-state index contributed by atoms with van der Waals surface area (Å²) in [5, 5.41) is 12.1. The summed E-state index contributed by atoms with van der Waals surface area (Å²) < 4.78 is 12.7. The summed E-state index contributed by atoms with van der Waals surface area (Å²) in [5.41, 5.74) is 5.99. The van der Waals surface area contributed by atoms with E-state index in [9.17, 15) is 14.7 Å². The molecule has 0 unspecified atom stereocenters. The summed E-state index contributed by atoms with van der Waals surface area (Å²) in [5.74, 6) is -0.303. The van der Waals surface area contributed by atoms with Crippen LogP contribution < -0.4 is 14.4 Å². The summed E-state index contributed by atoms with van der Waals surface area (Å²) in [7, 11) is 0. The zero-order valence-electron chi connectivity index (χ0n) is 24.5. The number of rotatable bonds is 6. The first-order valence-corrected chi connectivity index (χ1v) is 15.3. The minimum atomic E-state index is -0.886. The van der Waals surface area contributed by atoms with E-state index in [4.69, 9.17) is 14.5 Å². The zero-order chi connectivity index (χ0) is 30.5. The molecular formula is C36H30N2O5S. The van der Waals surface area contributed by atoms with Gasteiger partial charge in [0.2, 0.25) is 0 Å². The predicted molar refractivity (Wildman–Crippen MR) is 171 cm³/mol. The first kappa shape index (κ1) is 27.9. The van der Waals surface area contributed by atoms with Gasteiger partial charge in [0.25, 0.3) is 5.78 Å². The molecule has 7 rings (SSSR count). The second-order valence-corrected chi connectivity index (χ2v) is 12.4. The molecule has 5 aromatic rings. The van der Waals surface area contributed by atoms with Crippen LogP contribution in [0.1, 0.15) is 46.3 Å². The minimum Gasteiger partial charge on any atom is -0.507 e. The Kier molecular flexibility index (Phi) is 6.94. The van der Waals surface area contributed by atoms with Gasteiger partial charge in [0.05, 0.1) is 21.8 Å². The Bertz CT molecular complexity index is 1960. The van der Waals surface area contributed by atoms with Crippen LogP contribution in [0.15, 0.2) is 90.5 Å². The Balaban J connectivity index is 1.32. The Hall–Kier alpha value is -4.95. The van der Waals surface area contributed by atoms with Crippen LogP contribution in [-0.4, -0.2) is 27.9 Å². The number of aliphatic hydroxyl groups is 1. The fraction of sp³-hybridized carbons (Fsp3) is 0.194. The van der Waals surface area contributed by atoms with Gasteiger partial charge in [0, 0.05) is 12.0 Å². The number of aliphatic hydroxyl groups excluding tert-OH is 1. The molecule has 0 radical (unpaired) electrons. The molecule has 1 saturated heterocycles. The van der Waals surface area contributed by atoms with Crippen molar-refractivity contribution in [3.05, 3.63) is 124 Å². The van der Waals surface area contributed by atoms with E-state index < -0.39 is 17.7 Å². The number of hydrogen-bond acceptors (Lipinski definition) is 7. The number of nitrogens with zero attached hydrogens (tertiary/aromatic N) is 2. The lowest BCUT2D eigenvalue weighted by Gasteiger charge is -2.23. The van der Waals surface area contributed by atoms with E-state index in [1.165, 1.54) is 16.2 Å². The van der Waals surface area contributed by atoms with Gasteiger partial charge in [0.15, 0.2) is 5.13 Å². The van der Waals surface area contributed by atoms with Gasteiger partial charge in [0.1, 0.15) is 30.0 Å². The molecule has 8 heteroatoms. The first-order valence-electron chi connectivity index (χ1n) is 14.5. The maximum Gasteiger partial charge on any atom is 0.301 e. The lowest BCUT2D eigenvalue weighted by molar-refractivity contribution is -0.132. The van der Waals surface area contributed by atoms with Crippen molar-refractivity contribution in [3.8, 4) is 11.5 Å². The fourth-order valence-corrected chi connectivity index (χ4v) is 7.19. The molecule has 1 fully saturated rings. The van der Waals surface area contributed by atoms with E-state index in [0.717, 1.165) is 38.2 Å². The van der Waals surface area contributed by atoms with Crippen LogP contribution in [0, 0.1) is 13.8 Å². The third kappa shape index (κ3) is 4.91. The number of fused-ring (bicyclic) bond motifs is 2. The smallest absolute Gasteiger partial charge is 0.301 e. The number of carbonyl (C=O) groups excluding carboxylic acids is 2. The van der Waals surface area contributed by atoms with Crippen molar-refractivity contribution in [1.29, 1.82) is 0 Å². The molecule has 2 aliphatic heterocycles. The van der Waals surface area contributed by atoms with Crippen molar-refractivity contribution in [2.24, 2.45) is 0 Å². The lowest BCUT2D eigenvalue weighted by atomic mass is 9.94. The largest absolute Gasteiger partial charge is 0.507 e. The molecule has 1 amide bonds. The molecule has 7 nitrogen and oxygen atoms in total. The molecular weight excluding hydrogens is 572 g/mol. The molecule has 0 aliphatic carbocycles. The van der Waals surface area contributed by atoms with Gasteiger partial charge in [-0.25, -0.2) is 4.98 Å². The van der Waals surface area contributed by atoms with Gasteiger partial charge in [-0.05, 0) is 85.0 Å². The van der Waals surface area contributed by atoms with E-state index in [1.807, 2.05) is 93.6 Å². The van der Waals surface area contributed by atoms with Crippen molar-refractivity contribution in [2.75, 3.05) is 4.90 Å². The van der Waals surface area contributed by atoms with Gasteiger partial charge in [-0.1, -0.05) is 59.9 Å². The van der Waals surface area contributed by atoms with Crippen molar-refractivity contribution in [1.82, 2.24) is 4.98 Å². The standard InChI is InChI=1S/C36H30N2O5S/c1-20-15-21(2)31-29(16-20)44-36(37-31)38-32(24-9-12-27(13-10-24)42-19-23-7-5-4-6-8-23)30(34(40)35(38)41)33(39)25-11-14-28-26(18-25)17-22(3)43-28/h4-16,18,22,32,39H,17,19H2,1-3H3/t22-,32-/m0/s1. The maximum absolute atomic E-state index is 13.8. The van der Waals surface area contributed by atoms with Gasteiger partial charge < -0.3 is 14.6 Å². The molecule has 0 bridgehead atoms. The van der Waals surface area contributed by atoms with E-state index in [1.54, 1.807) is 12.1 Å². The molecule has 0 saturated carbocycles. The molecule has 2 atom stereocenters. The van der Waals surface area contributed by atoms with Gasteiger partial charge in [-0.2, -0.15) is 0 Å². The molecule has 0 spiro atoms. The highest BCUT2D eigenvalue weighted by atomic mass is 32.1. The van der Waals surface area contributed by atoms with Gasteiger partial charge in [-0.15, -0.1) is 0 Å². The third-order valence-electron chi connectivity index (χ3n) is 8.08. The average Bonchev–Trinajstić information content (AvgIpc) is 3.69. The van der Waals surface area contributed by atoms with E-state index in [0.29, 0.717) is 35.0 Å². The van der Waals surface area contributed by atoms with Crippen LogP contribution in [0.2, 0.25) is 0 Å². The second-order valence-electron chi connectivity index (χ2n) is 11.4. The Morgan fingerprint density at radius 3 is 2.57 bits per heavy atom. The van der Waals surface area contributed by atoms with E-state index in [2.05, 4.69) is 0 Å². The molecule has 44 heavy (non-hydrogen) atoms. The number of carbonyl (C=O) groups is 2. The van der Waals surface area contributed by atoms with Crippen LogP contribution in [0.25, 0.3) is 16.0 Å². The van der Waals surface area contributed by atoms with Crippen LogP contribution in [0.5, 0.6) is 11.5 Å². The summed E-state index contributed by atoms with van der Waals surface area (Å²) >= 11 is 1.36. The van der Waals surface area contributed by atoms with Crippen molar-refractivity contribution < 1.29 is 24.2 Å². The second kappa shape index (κ2) is 11.0. The highest BCUT2D eigenvalue weighted by Crippen LogP contribution is 2.45. The molecule has 220 valence electrons. The minimum absolute atomic E-state index is 0.0204. The number of benzene rings is 4. The number of anilines is 1. The van der Waals surface area contributed by atoms with E-state index in [-0.39, 0.29) is 17.4 Å². The predicted octanol–water partition coefficient (Wildman–Crippen LogP) is 7.44. The summed E-state index contributed by atoms with van der Waals surface area (Å²) in [6.45, 7) is 6.39. The van der Waals surface area contributed by atoms with Crippen LogP contribution in [0.3, 0.4) is 0 Å². The molecule has 1 aromatic heterocycles. The molecule has 3 heterocycles. The number of aryl methyl sites for hydroxylation is 2. The quantitative estimate of drug-likeness (QED) is 0.123. The topological polar surface area (TPSA) is 89.0 Å². The number of thiazole rings is 1. The summed E-state index contributed by atoms with van der Waals surface area (Å²) in [4.78, 5) is 33.8. The van der Waals surface area contributed by atoms with Crippen LogP contribution in [-0.2, 0) is 22.6 Å². The highest BCUT2D eigenvalue weighted by Gasteiger charge is 2.48. The Morgan fingerprint density at radius 1 is 1.02 bits per heavy atom. The molecule has 1 N–H and O–H groups in total. The number of Topliss-reactive ketones (excluding diaryl/α,β-unsaturated/α-hetero) is 1. The van der Waals surface area contributed by atoms with Crippen molar-refractivity contribution >= 4 is 44.1 Å². The Labute approximate surface area is 259 Å². The summed E-state index contributed by atoms with van der Waals surface area (Å²) in [6, 6.07) is 25.7. The number of hydrogen-bond donors (Lipinski definition) is 1. The van der Waals surface area contributed by atoms with Crippen molar-refractivity contribution in [3.63, 3.8) is 0 Å². The lowest BCUT2D eigenvalue weighted by Crippen LogP contribution is -2.29. The van der Waals surface area contributed by atoms with Gasteiger partial charge in [-0.3, -0.25) is 14.5 Å². The number of amides is 1. The fourth-order valence-electron chi connectivity index (χ4n) is 6.02. The van der Waals surface area contributed by atoms with Crippen molar-refractivity contribution in [2.45, 2.75) is 45.9 Å². The van der Waals surface area contributed by atoms with Crippen LogP contribution >= 0.6 is 11.3 Å². The van der Waals surface area contributed by atoms with Gasteiger partial charge >= 0.3 is 5.91 Å². The monoisotopic (exact) mass is 602 g/mol. The molecule has 2 aliphatic rings.